The molecule has 0 saturated heterocycles. The van der Waals surface area contributed by atoms with E-state index in [1.165, 1.54) is 12.1 Å². The number of hydrogen-bond donors (Lipinski definition) is 2. The number of benzene rings is 1. The Morgan fingerprint density at radius 2 is 1.69 bits per heavy atom. The molecule has 0 unspecified atom stereocenters. The molecule has 1 aromatic rings. The Kier molecular flexibility index (Phi) is 3.78. The highest BCUT2D eigenvalue weighted by Crippen LogP contribution is 2.31. The quantitative estimate of drug-likeness (QED) is 0.822. The minimum atomic E-state index is -1.68. The molecule has 16 heavy (non-hydrogen) atoms. The first-order valence-corrected chi connectivity index (χ1v) is 5.01. The third-order valence-corrected chi connectivity index (χ3v) is 2.61. The standard InChI is InChI=1S/C10H8Cl2O4/c1-4-2-5(11)3-6(12)7(4)8(9(13)14)10(15)16/h2-3,8H,1H3,(H,13,14)(H,15,16). The molecule has 6 heteroatoms. The van der Waals surface area contributed by atoms with Crippen LogP contribution < -0.4 is 0 Å². The molecule has 0 saturated carbocycles. The lowest BCUT2D eigenvalue weighted by Gasteiger charge is -2.13. The van der Waals surface area contributed by atoms with Gasteiger partial charge in [0.2, 0.25) is 0 Å². The smallest absolute Gasteiger partial charge is 0.322 e. The van der Waals surface area contributed by atoms with Crippen LogP contribution in [0, 0.1) is 6.92 Å². The zero-order chi connectivity index (χ0) is 12.5. The van der Waals surface area contributed by atoms with Crippen molar-refractivity contribution in [1.29, 1.82) is 0 Å². The van der Waals surface area contributed by atoms with Gasteiger partial charge >= 0.3 is 11.9 Å². The number of hydrogen-bond acceptors (Lipinski definition) is 2. The Morgan fingerprint density at radius 3 is 2.06 bits per heavy atom. The Balaban J connectivity index is 3.41. The van der Waals surface area contributed by atoms with Gasteiger partial charge in [-0.15, -0.1) is 0 Å². The Hall–Kier alpha value is -1.26. The molecule has 0 atom stereocenters. The van der Waals surface area contributed by atoms with E-state index in [-0.39, 0.29) is 10.6 Å². The van der Waals surface area contributed by atoms with E-state index >= 15 is 0 Å². The fourth-order valence-corrected chi connectivity index (χ4v) is 2.14. The van der Waals surface area contributed by atoms with Crippen LogP contribution in [-0.4, -0.2) is 22.2 Å². The van der Waals surface area contributed by atoms with Crippen LogP contribution in [0.4, 0.5) is 0 Å². The molecule has 0 aliphatic rings. The highest BCUT2D eigenvalue weighted by molar-refractivity contribution is 6.35. The zero-order valence-corrected chi connectivity index (χ0v) is 9.71. The van der Waals surface area contributed by atoms with Gasteiger partial charge < -0.3 is 10.2 Å². The first-order chi connectivity index (χ1) is 7.34. The van der Waals surface area contributed by atoms with Gasteiger partial charge in [-0.1, -0.05) is 23.2 Å². The molecule has 86 valence electrons. The number of aryl methyl sites for hydroxylation is 1. The van der Waals surface area contributed by atoms with E-state index in [0.717, 1.165) is 0 Å². The molecule has 0 bridgehead atoms. The van der Waals surface area contributed by atoms with Crippen LogP contribution in [0.1, 0.15) is 17.0 Å². The van der Waals surface area contributed by atoms with E-state index in [0.29, 0.717) is 10.6 Å². The number of carboxylic acids is 2. The van der Waals surface area contributed by atoms with Crippen LogP contribution in [0.15, 0.2) is 12.1 Å². The zero-order valence-electron chi connectivity index (χ0n) is 8.20. The molecule has 2 N–H and O–H groups in total. The molecule has 0 radical (unpaired) electrons. The summed E-state index contributed by atoms with van der Waals surface area (Å²) in [7, 11) is 0. The van der Waals surface area contributed by atoms with Crippen LogP contribution in [0.25, 0.3) is 0 Å². The summed E-state index contributed by atoms with van der Waals surface area (Å²) >= 11 is 11.5. The van der Waals surface area contributed by atoms with Crippen molar-refractivity contribution in [2.24, 2.45) is 0 Å². The van der Waals surface area contributed by atoms with Gasteiger partial charge in [-0.25, -0.2) is 0 Å². The fraction of sp³-hybridized carbons (Fsp3) is 0.200. The molecular formula is C10H8Cl2O4. The van der Waals surface area contributed by atoms with Gasteiger partial charge in [0.15, 0.2) is 5.92 Å². The Morgan fingerprint density at radius 1 is 1.19 bits per heavy atom. The molecule has 0 aliphatic heterocycles. The lowest BCUT2D eigenvalue weighted by molar-refractivity contribution is -0.150. The average molecular weight is 263 g/mol. The van der Waals surface area contributed by atoms with Crippen molar-refractivity contribution in [1.82, 2.24) is 0 Å². The summed E-state index contributed by atoms with van der Waals surface area (Å²) in [5.41, 5.74) is 0.498. The summed E-state index contributed by atoms with van der Waals surface area (Å²) in [5, 5.41) is 18.1. The van der Waals surface area contributed by atoms with Gasteiger partial charge in [0, 0.05) is 10.0 Å². The molecule has 0 aliphatic carbocycles. The first-order valence-electron chi connectivity index (χ1n) is 4.25. The third-order valence-electron chi connectivity index (χ3n) is 2.08. The molecule has 0 aromatic heterocycles. The molecular weight excluding hydrogens is 255 g/mol. The van der Waals surface area contributed by atoms with E-state index in [4.69, 9.17) is 33.4 Å². The molecule has 0 heterocycles. The topological polar surface area (TPSA) is 74.6 Å². The van der Waals surface area contributed by atoms with Crippen molar-refractivity contribution in [2.75, 3.05) is 0 Å². The van der Waals surface area contributed by atoms with Gasteiger partial charge in [0.05, 0.1) is 0 Å². The minimum Gasteiger partial charge on any atom is -0.480 e. The fourth-order valence-electron chi connectivity index (χ4n) is 1.43. The molecule has 1 aromatic carbocycles. The van der Waals surface area contributed by atoms with Gasteiger partial charge in [-0.05, 0) is 30.2 Å². The summed E-state index contributed by atoms with van der Waals surface area (Å²) in [6, 6.07) is 2.80. The molecule has 0 spiro atoms. The average Bonchev–Trinajstić information content (AvgIpc) is 2.09. The van der Waals surface area contributed by atoms with E-state index in [1.54, 1.807) is 6.92 Å². The summed E-state index contributed by atoms with van der Waals surface area (Å²) in [6.45, 7) is 1.56. The van der Waals surface area contributed by atoms with Gasteiger partial charge in [-0.2, -0.15) is 0 Å². The summed E-state index contributed by atoms with van der Waals surface area (Å²) < 4.78 is 0. The molecule has 4 nitrogen and oxygen atoms in total. The van der Waals surface area contributed by atoms with Crippen LogP contribution in [0.5, 0.6) is 0 Å². The monoisotopic (exact) mass is 262 g/mol. The molecule has 0 fully saturated rings. The Labute approximate surface area is 101 Å². The Bertz CT molecular complexity index is 419. The SMILES string of the molecule is Cc1cc(Cl)cc(Cl)c1C(C(=O)O)C(=O)O. The van der Waals surface area contributed by atoms with E-state index in [2.05, 4.69) is 0 Å². The third kappa shape index (κ3) is 2.46. The summed E-state index contributed by atoms with van der Waals surface area (Å²) in [4.78, 5) is 21.7. The summed E-state index contributed by atoms with van der Waals surface area (Å²) in [5.74, 6) is -4.59. The van der Waals surface area contributed by atoms with Crippen LogP contribution in [0.2, 0.25) is 10.0 Å². The van der Waals surface area contributed by atoms with Crippen molar-refractivity contribution < 1.29 is 19.8 Å². The van der Waals surface area contributed by atoms with Crippen LogP contribution in [0.3, 0.4) is 0 Å². The first kappa shape index (κ1) is 12.8. The normalized spacial score (nSPS) is 10.5. The predicted molar refractivity (Wildman–Crippen MR) is 59.2 cm³/mol. The predicted octanol–water partition coefficient (Wildman–Crippen LogP) is 2.55. The maximum atomic E-state index is 10.9. The maximum absolute atomic E-state index is 10.9. The van der Waals surface area contributed by atoms with Crippen molar-refractivity contribution >= 4 is 35.1 Å². The van der Waals surface area contributed by atoms with Gasteiger partial charge in [0.1, 0.15) is 0 Å². The molecule has 1 rings (SSSR count). The van der Waals surface area contributed by atoms with Crippen molar-refractivity contribution in [2.45, 2.75) is 12.8 Å². The van der Waals surface area contributed by atoms with Crippen molar-refractivity contribution in [3.63, 3.8) is 0 Å². The van der Waals surface area contributed by atoms with E-state index < -0.39 is 17.9 Å². The van der Waals surface area contributed by atoms with Crippen LogP contribution in [-0.2, 0) is 9.59 Å². The molecule has 0 amide bonds. The largest absolute Gasteiger partial charge is 0.480 e. The second kappa shape index (κ2) is 4.72. The van der Waals surface area contributed by atoms with Gasteiger partial charge in [-0.3, -0.25) is 9.59 Å². The van der Waals surface area contributed by atoms with Crippen molar-refractivity contribution in [3.05, 3.63) is 33.3 Å². The number of halogens is 2. The number of carbonyl (C=O) groups is 2. The second-order valence-electron chi connectivity index (χ2n) is 3.23. The van der Waals surface area contributed by atoms with E-state index in [9.17, 15) is 9.59 Å². The lowest BCUT2D eigenvalue weighted by atomic mass is 9.95. The number of carboxylic acid groups (broad SMARTS) is 2. The maximum Gasteiger partial charge on any atom is 0.322 e. The highest BCUT2D eigenvalue weighted by atomic mass is 35.5. The van der Waals surface area contributed by atoms with Crippen LogP contribution >= 0.6 is 23.2 Å². The highest BCUT2D eigenvalue weighted by Gasteiger charge is 2.31. The van der Waals surface area contributed by atoms with Crippen molar-refractivity contribution in [3.8, 4) is 0 Å². The minimum absolute atomic E-state index is 0.0415. The lowest BCUT2D eigenvalue weighted by Crippen LogP contribution is -2.22. The number of aliphatic carboxylic acids is 2. The van der Waals surface area contributed by atoms with Gasteiger partial charge in [0.25, 0.3) is 0 Å². The summed E-state index contributed by atoms with van der Waals surface area (Å²) in [6.07, 6.45) is 0. The van der Waals surface area contributed by atoms with E-state index in [1.807, 2.05) is 0 Å². The number of rotatable bonds is 3. The second-order valence-corrected chi connectivity index (χ2v) is 4.07.